The van der Waals surface area contributed by atoms with Gasteiger partial charge in [-0.2, -0.15) is 0 Å². The van der Waals surface area contributed by atoms with Gasteiger partial charge in [-0.1, -0.05) is 23.5 Å². The van der Waals surface area contributed by atoms with Crippen molar-refractivity contribution in [1.82, 2.24) is 4.98 Å². The zero-order valence-electron chi connectivity index (χ0n) is 15.1. The summed E-state index contributed by atoms with van der Waals surface area (Å²) in [6, 6.07) is 12.1. The van der Waals surface area contributed by atoms with Crippen LogP contribution in [0.25, 0.3) is 10.2 Å². The zero-order valence-corrected chi connectivity index (χ0v) is 16.7. The molecule has 0 aliphatic heterocycles. The van der Waals surface area contributed by atoms with Gasteiger partial charge < -0.3 is 4.74 Å². The standard InChI is InChI=1S/C18H19N3O4S2/c1-4-25-12-9-10-14-16(11-12)26-18(19-14)20-17(22)13-7-5-6-8-15(13)21(2)27(3,23)24/h5-11H,4H2,1-3H3,(H,19,20,22). The molecule has 142 valence electrons. The van der Waals surface area contributed by atoms with Gasteiger partial charge in [-0.05, 0) is 37.3 Å². The summed E-state index contributed by atoms with van der Waals surface area (Å²) in [4.78, 5) is 17.1. The molecule has 0 bridgehead atoms. The first kappa shape index (κ1) is 19.1. The number of aromatic nitrogens is 1. The molecule has 0 fully saturated rings. The lowest BCUT2D eigenvalue weighted by Gasteiger charge is -2.19. The number of carbonyl (C=O) groups is 1. The summed E-state index contributed by atoms with van der Waals surface area (Å²) in [5.41, 5.74) is 1.30. The minimum absolute atomic E-state index is 0.250. The number of amides is 1. The number of hydrogen-bond donors (Lipinski definition) is 1. The Morgan fingerprint density at radius 3 is 2.70 bits per heavy atom. The Kier molecular flexibility index (Phi) is 5.33. The number of rotatable bonds is 6. The van der Waals surface area contributed by atoms with Crippen molar-refractivity contribution in [1.29, 1.82) is 0 Å². The van der Waals surface area contributed by atoms with Gasteiger partial charge in [0, 0.05) is 7.05 Å². The molecule has 27 heavy (non-hydrogen) atoms. The Bertz CT molecular complexity index is 1090. The highest BCUT2D eigenvalue weighted by Crippen LogP contribution is 2.30. The number of sulfonamides is 1. The fraction of sp³-hybridized carbons (Fsp3) is 0.222. The molecule has 9 heteroatoms. The van der Waals surface area contributed by atoms with Crippen LogP contribution in [0.5, 0.6) is 5.75 Å². The first-order valence-electron chi connectivity index (χ1n) is 8.17. The number of hydrogen-bond acceptors (Lipinski definition) is 6. The molecule has 0 saturated heterocycles. The third-order valence-electron chi connectivity index (χ3n) is 3.88. The third-order valence-corrected chi connectivity index (χ3v) is 6.00. The van der Waals surface area contributed by atoms with Crippen LogP contribution in [0.15, 0.2) is 42.5 Å². The van der Waals surface area contributed by atoms with E-state index in [9.17, 15) is 13.2 Å². The molecule has 0 radical (unpaired) electrons. The van der Waals surface area contributed by atoms with Crippen LogP contribution in [0.4, 0.5) is 10.8 Å². The number of carbonyl (C=O) groups excluding carboxylic acids is 1. The van der Waals surface area contributed by atoms with Crippen molar-refractivity contribution in [3.05, 3.63) is 48.0 Å². The minimum Gasteiger partial charge on any atom is -0.494 e. The van der Waals surface area contributed by atoms with E-state index in [4.69, 9.17) is 4.74 Å². The van der Waals surface area contributed by atoms with Gasteiger partial charge in [0.2, 0.25) is 10.0 Å². The van der Waals surface area contributed by atoms with E-state index >= 15 is 0 Å². The number of anilines is 2. The predicted octanol–water partition coefficient (Wildman–Crippen LogP) is 3.34. The molecule has 0 unspecified atom stereocenters. The van der Waals surface area contributed by atoms with Crippen LogP contribution in [-0.2, 0) is 10.0 Å². The Morgan fingerprint density at radius 1 is 1.26 bits per heavy atom. The second kappa shape index (κ2) is 7.53. The summed E-state index contributed by atoms with van der Waals surface area (Å²) in [7, 11) is -2.08. The molecule has 1 heterocycles. The molecular formula is C18H19N3O4S2. The smallest absolute Gasteiger partial charge is 0.259 e. The summed E-state index contributed by atoms with van der Waals surface area (Å²) in [5.74, 6) is 0.317. The molecule has 3 rings (SSSR count). The van der Waals surface area contributed by atoms with E-state index in [-0.39, 0.29) is 5.56 Å². The van der Waals surface area contributed by atoms with Crippen molar-refractivity contribution in [2.75, 3.05) is 29.5 Å². The molecule has 1 N–H and O–H groups in total. The average molecular weight is 406 g/mol. The number of ether oxygens (including phenoxy) is 1. The van der Waals surface area contributed by atoms with Gasteiger partial charge in [0.15, 0.2) is 5.13 Å². The summed E-state index contributed by atoms with van der Waals surface area (Å²) >= 11 is 1.33. The molecular weight excluding hydrogens is 386 g/mol. The van der Waals surface area contributed by atoms with Crippen molar-refractivity contribution in [2.24, 2.45) is 0 Å². The molecule has 2 aromatic carbocycles. The van der Waals surface area contributed by atoms with Crippen LogP contribution >= 0.6 is 11.3 Å². The second-order valence-electron chi connectivity index (χ2n) is 5.78. The highest BCUT2D eigenvalue weighted by Gasteiger charge is 2.20. The quantitative estimate of drug-likeness (QED) is 0.679. The Balaban J connectivity index is 1.89. The van der Waals surface area contributed by atoms with Crippen molar-refractivity contribution in [3.63, 3.8) is 0 Å². The first-order valence-corrected chi connectivity index (χ1v) is 10.8. The fourth-order valence-corrected chi connectivity index (χ4v) is 3.90. The lowest BCUT2D eigenvalue weighted by molar-refractivity contribution is 0.102. The maximum Gasteiger partial charge on any atom is 0.259 e. The van der Waals surface area contributed by atoms with Gasteiger partial charge in [-0.3, -0.25) is 14.4 Å². The van der Waals surface area contributed by atoms with Crippen molar-refractivity contribution in [3.8, 4) is 5.75 Å². The van der Waals surface area contributed by atoms with E-state index in [2.05, 4.69) is 10.3 Å². The van der Waals surface area contributed by atoms with Crippen LogP contribution in [-0.4, -0.2) is 39.2 Å². The molecule has 3 aromatic rings. The number of thiazole rings is 1. The molecule has 0 aliphatic rings. The summed E-state index contributed by atoms with van der Waals surface area (Å²) in [6.45, 7) is 2.48. The van der Waals surface area contributed by atoms with Crippen molar-refractivity contribution < 1.29 is 17.9 Å². The van der Waals surface area contributed by atoms with Crippen molar-refractivity contribution in [2.45, 2.75) is 6.92 Å². The summed E-state index contributed by atoms with van der Waals surface area (Å²) in [6.07, 6.45) is 1.09. The Morgan fingerprint density at radius 2 is 2.00 bits per heavy atom. The molecule has 0 saturated carbocycles. The number of benzene rings is 2. The van der Waals surface area contributed by atoms with Crippen LogP contribution in [0.2, 0.25) is 0 Å². The maximum atomic E-state index is 12.7. The van der Waals surface area contributed by atoms with Gasteiger partial charge in [-0.15, -0.1) is 0 Å². The Labute approximate surface area is 161 Å². The molecule has 1 aromatic heterocycles. The monoisotopic (exact) mass is 405 g/mol. The fourth-order valence-electron chi connectivity index (χ4n) is 2.50. The van der Waals surface area contributed by atoms with E-state index in [1.54, 1.807) is 24.3 Å². The zero-order chi connectivity index (χ0) is 19.6. The molecule has 1 amide bonds. The maximum absolute atomic E-state index is 12.7. The number of nitrogens with one attached hydrogen (secondary N) is 1. The average Bonchev–Trinajstić information content (AvgIpc) is 3.02. The molecule has 7 nitrogen and oxygen atoms in total. The molecule has 0 aliphatic carbocycles. The number of nitrogens with zero attached hydrogens (tertiary/aromatic N) is 2. The van der Waals surface area contributed by atoms with E-state index < -0.39 is 15.9 Å². The Hall–Kier alpha value is -2.65. The third kappa shape index (κ3) is 4.20. The van der Waals surface area contributed by atoms with Crippen LogP contribution < -0.4 is 14.4 Å². The summed E-state index contributed by atoms with van der Waals surface area (Å²) in [5, 5.41) is 3.18. The molecule has 0 atom stereocenters. The van der Waals surface area contributed by atoms with Gasteiger partial charge in [0.1, 0.15) is 5.75 Å². The highest BCUT2D eigenvalue weighted by molar-refractivity contribution is 7.92. The predicted molar refractivity (Wildman–Crippen MR) is 108 cm³/mol. The van der Waals surface area contributed by atoms with Crippen LogP contribution in [0.1, 0.15) is 17.3 Å². The van der Waals surface area contributed by atoms with E-state index in [0.717, 1.165) is 26.5 Å². The number of para-hydroxylation sites is 1. The van der Waals surface area contributed by atoms with Gasteiger partial charge in [0.25, 0.3) is 5.91 Å². The minimum atomic E-state index is -3.49. The summed E-state index contributed by atoms with van der Waals surface area (Å²) < 4.78 is 31.1. The largest absolute Gasteiger partial charge is 0.494 e. The number of fused-ring (bicyclic) bond motifs is 1. The van der Waals surface area contributed by atoms with Crippen molar-refractivity contribution >= 4 is 48.3 Å². The van der Waals surface area contributed by atoms with Crippen LogP contribution in [0, 0.1) is 0 Å². The van der Waals surface area contributed by atoms with E-state index in [0.29, 0.717) is 17.4 Å². The first-order chi connectivity index (χ1) is 12.8. The van der Waals surface area contributed by atoms with Gasteiger partial charge in [-0.25, -0.2) is 13.4 Å². The van der Waals surface area contributed by atoms with E-state index in [1.165, 1.54) is 18.4 Å². The SMILES string of the molecule is CCOc1ccc2nc(NC(=O)c3ccccc3N(C)S(C)(=O)=O)sc2c1. The lowest BCUT2D eigenvalue weighted by atomic mass is 10.1. The van der Waals surface area contributed by atoms with Gasteiger partial charge in [0.05, 0.1) is 34.3 Å². The van der Waals surface area contributed by atoms with Crippen LogP contribution in [0.3, 0.4) is 0 Å². The lowest BCUT2D eigenvalue weighted by Crippen LogP contribution is -2.27. The highest BCUT2D eigenvalue weighted by atomic mass is 32.2. The second-order valence-corrected chi connectivity index (χ2v) is 8.83. The molecule has 0 spiro atoms. The van der Waals surface area contributed by atoms with E-state index in [1.807, 2.05) is 25.1 Å². The normalized spacial score (nSPS) is 11.4. The van der Waals surface area contributed by atoms with Gasteiger partial charge >= 0.3 is 0 Å². The topological polar surface area (TPSA) is 88.6 Å².